The molecule has 0 spiro atoms. The second-order valence-corrected chi connectivity index (χ2v) is 4.01. The highest BCUT2D eigenvalue weighted by atomic mass is 14.3. The van der Waals surface area contributed by atoms with Crippen molar-refractivity contribution in [1.82, 2.24) is 0 Å². The lowest BCUT2D eigenvalue weighted by Crippen LogP contribution is -1.94. The molecule has 0 amide bonds. The van der Waals surface area contributed by atoms with E-state index in [1.165, 1.54) is 0 Å². The topological polar surface area (TPSA) is 23.8 Å². The Bertz CT molecular complexity index is 335. The van der Waals surface area contributed by atoms with Gasteiger partial charge in [0.25, 0.3) is 0 Å². The highest BCUT2D eigenvalue weighted by molar-refractivity contribution is 5.03. The molecule has 1 rings (SSSR count). The quantitative estimate of drug-likeness (QED) is 0.434. The van der Waals surface area contributed by atoms with E-state index in [0.29, 0.717) is 0 Å². The van der Waals surface area contributed by atoms with Crippen molar-refractivity contribution in [2.24, 2.45) is 5.92 Å². The van der Waals surface area contributed by atoms with Crippen LogP contribution < -0.4 is 0 Å². The summed E-state index contributed by atoms with van der Waals surface area (Å²) in [6.07, 6.45) is 18.7. The minimum atomic E-state index is 0.193. The van der Waals surface area contributed by atoms with Crippen molar-refractivity contribution in [1.29, 1.82) is 5.26 Å². The zero-order valence-corrected chi connectivity index (χ0v) is 9.73. The van der Waals surface area contributed by atoms with Crippen molar-refractivity contribution in [3.8, 4) is 6.07 Å². The second kappa shape index (κ2) is 8.77. The van der Waals surface area contributed by atoms with E-state index in [-0.39, 0.29) is 5.92 Å². The van der Waals surface area contributed by atoms with Gasteiger partial charge in [0.15, 0.2) is 0 Å². The van der Waals surface area contributed by atoms with Crippen LogP contribution in [0.25, 0.3) is 0 Å². The Hall–Kier alpha value is -1.51. The zero-order valence-electron chi connectivity index (χ0n) is 9.73. The van der Waals surface area contributed by atoms with Crippen LogP contribution in [0.4, 0.5) is 0 Å². The summed E-state index contributed by atoms with van der Waals surface area (Å²) >= 11 is 0. The van der Waals surface area contributed by atoms with Gasteiger partial charge in [-0.25, -0.2) is 0 Å². The van der Waals surface area contributed by atoms with Gasteiger partial charge in [-0.05, 0) is 50.7 Å². The molecule has 0 aromatic heterocycles. The predicted molar refractivity (Wildman–Crippen MR) is 67.7 cm³/mol. The highest BCUT2D eigenvalue weighted by Gasteiger charge is 2.03. The summed E-state index contributed by atoms with van der Waals surface area (Å²) in [7, 11) is 0. The molecule has 1 atom stereocenters. The number of allylic oxidation sites excluding steroid dienone is 5. The first kappa shape index (κ1) is 12.6. The van der Waals surface area contributed by atoms with E-state index < -0.39 is 0 Å². The maximum Gasteiger partial charge on any atom is 0.0659 e. The number of nitriles is 1. The Balaban J connectivity index is 2.51. The van der Waals surface area contributed by atoms with Crippen LogP contribution >= 0.6 is 0 Å². The number of nitrogens with zero attached hydrogens (tertiary/aromatic N) is 1. The molecular formula is C15H19N. The van der Waals surface area contributed by atoms with Crippen molar-refractivity contribution in [2.45, 2.75) is 38.5 Å². The van der Waals surface area contributed by atoms with Crippen molar-refractivity contribution < 1.29 is 0 Å². The Morgan fingerprint density at radius 3 is 2.94 bits per heavy atom. The lowest BCUT2D eigenvalue weighted by Gasteiger charge is -2.04. The van der Waals surface area contributed by atoms with Gasteiger partial charge in [-0.3, -0.25) is 0 Å². The molecule has 0 saturated heterocycles. The monoisotopic (exact) mass is 213 g/mol. The molecule has 1 unspecified atom stereocenters. The van der Waals surface area contributed by atoms with Gasteiger partial charge in [0, 0.05) is 5.92 Å². The minimum absolute atomic E-state index is 0.193. The maximum atomic E-state index is 8.97. The van der Waals surface area contributed by atoms with Crippen LogP contribution in [0.2, 0.25) is 0 Å². The highest BCUT2D eigenvalue weighted by Crippen LogP contribution is 2.13. The Kier molecular flexibility index (Phi) is 6.88. The summed E-state index contributed by atoms with van der Waals surface area (Å²) in [5, 5.41) is 8.97. The Labute approximate surface area is 98.5 Å². The largest absolute Gasteiger partial charge is 0.198 e. The first-order valence-corrected chi connectivity index (χ1v) is 6.04. The average molecular weight is 213 g/mol. The predicted octanol–water partition coefficient (Wildman–Crippen LogP) is 4.30. The second-order valence-electron chi connectivity index (χ2n) is 4.01. The van der Waals surface area contributed by atoms with Crippen LogP contribution in [-0.4, -0.2) is 0 Å². The standard InChI is InChI=1S/C15H19N/c16-14-15-12-10-8-6-4-2-1-3-5-7-9-11-13-15/h2-4,6,9,11,15H,5,7-8,10,12-13H2/b6-4+,11-9-. The van der Waals surface area contributed by atoms with Crippen LogP contribution in [0.15, 0.2) is 42.2 Å². The molecule has 16 heavy (non-hydrogen) atoms. The fourth-order valence-electron chi connectivity index (χ4n) is 1.65. The third kappa shape index (κ3) is 6.06. The third-order valence-electron chi connectivity index (χ3n) is 2.62. The van der Waals surface area contributed by atoms with E-state index in [4.69, 9.17) is 5.26 Å². The summed E-state index contributed by atoms with van der Waals surface area (Å²) in [5.41, 5.74) is 3.14. The van der Waals surface area contributed by atoms with Crippen molar-refractivity contribution >= 4 is 0 Å². The van der Waals surface area contributed by atoms with Crippen molar-refractivity contribution in [3.63, 3.8) is 0 Å². The molecule has 0 bridgehead atoms. The van der Waals surface area contributed by atoms with Gasteiger partial charge >= 0.3 is 0 Å². The molecule has 0 aromatic rings. The van der Waals surface area contributed by atoms with Crippen LogP contribution in [0.3, 0.4) is 0 Å². The van der Waals surface area contributed by atoms with E-state index in [2.05, 4.69) is 36.1 Å². The van der Waals surface area contributed by atoms with E-state index in [0.717, 1.165) is 38.5 Å². The molecule has 0 N–H and O–H groups in total. The molecule has 0 aliphatic heterocycles. The Morgan fingerprint density at radius 2 is 2.06 bits per heavy atom. The van der Waals surface area contributed by atoms with Gasteiger partial charge in [0.1, 0.15) is 0 Å². The molecule has 1 aliphatic rings. The zero-order chi connectivity index (χ0) is 11.5. The molecule has 0 heterocycles. The molecule has 1 aliphatic carbocycles. The summed E-state index contributed by atoms with van der Waals surface area (Å²) < 4.78 is 0. The number of hydrogen-bond acceptors (Lipinski definition) is 1. The van der Waals surface area contributed by atoms with E-state index in [1.54, 1.807) is 0 Å². The van der Waals surface area contributed by atoms with Crippen molar-refractivity contribution in [2.75, 3.05) is 0 Å². The third-order valence-corrected chi connectivity index (χ3v) is 2.62. The molecule has 84 valence electrons. The van der Waals surface area contributed by atoms with Gasteiger partial charge in [-0.1, -0.05) is 24.3 Å². The summed E-state index contributed by atoms with van der Waals surface area (Å²) in [6, 6.07) is 2.38. The fraction of sp³-hybridized carbons (Fsp3) is 0.467. The van der Waals surface area contributed by atoms with Gasteiger partial charge in [0.2, 0.25) is 0 Å². The van der Waals surface area contributed by atoms with Crippen LogP contribution in [0.5, 0.6) is 0 Å². The van der Waals surface area contributed by atoms with Gasteiger partial charge in [0.05, 0.1) is 6.07 Å². The summed E-state index contributed by atoms with van der Waals surface area (Å²) in [5.74, 6) is 0.193. The lowest BCUT2D eigenvalue weighted by molar-refractivity contribution is 0.582. The lowest BCUT2D eigenvalue weighted by atomic mass is 9.99. The SMILES string of the molecule is N#CC1C/C=C\CCC=C=C/C=C/CCC1. The van der Waals surface area contributed by atoms with E-state index >= 15 is 0 Å². The van der Waals surface area contributed by atoms with E-state index in [1.807, 2.05) is 12.2 Å². The van der Waals surface area contributed by atoms with Gasteiger partial charge in [-0.15, -0.1) is 5.73 Å². The molecule has 0 saturated carbocycles. The van der Waals surface area contributed by atoms with Crippen LogP contribution in [0, 0.1) is 17.2 Å². The number of rotatable bonds is 0. The van der Waals surface area contributed by atoms with Crippen molar-refractivity contribution in [3.05, 3.63) is 42.2 Å². The molecule has 0 fully saturated rings. The molecule has 0 radical (unpaired) electrons. The molecule has 0 aromatic carbocycles. The molecule has 1 heteroatoms. The Morgan fingerprint density at radius 1 is 1.12 bits per heavy atom. The minimum Gasteiger partial charge on any atom is -0.198 e. The van der Waals surface area contributed by atoms with Gasteiger partial charge < -0.3 is 0 Å². The first-order chi connectivity index (χ1) is 7.93. The normalized spacial score (nSPS) is 26.6. The van der Waals surface area contributed by atoms with E-state index in [9.17, 15) is 0 Å². The fourth-order valence-corrected chi connectivity index (χ4v) is 1.65. The maximum absolute atomic E-state index is 8.97. The van der Waals surface area contributed by atoms with Crippen LogP contribution in [0.1, 0.15) is 38.5 Å². The van der Waals surface area contributed by atoms with Gasteiger partial charge in [-0.2, -0.15) is 5.26 Å². The first-order valence-electron chi connectivity index (χ1n) is 6.04. The van der Waals surface area contributed by atoms with Crippen LogP contribution in [-0.2, 0) is 0 Å². The summed E-state index contributed by atoms with van der Waals surface area (Å²) in [4.78, 5) is 0. The number of hydrogen-bond donors (Lipinski definition) is 0. The molecular weight excluding hydrogens is 194 g/mol. The summed E-state index contributed by atoms with van der Waals surface area (Å²) in [6.45, 7) is 0. The average Bonchev–Trinajstić information content (AvgIpc) is 2.32. The smallest absolute Gasteiger partial charge is 0.0659 e. The molecule has 1 nitrogen and oxygen atoms in total.